The topological polar surface area (TPSA) is 56.7 Å². The molecule has 0 amide bonds. The average Bonchev–Trinajstić information content (AvgIpc) is 2.26. The molecule has 0 aliphatic carbocycles. The molecule has 0 atom stereocenters. The number of anilines is 1. The van der Waals surface area contributed by atoms with E-state index in [2.05, 4.69) is 10.3 Å². The molecule has 0 aromatic heterocycles. The maximum atomic E-state index is 8.61. The maximum absolute atomic E-state index is 8.61. The minimum atomic E-state index is 0.577. The Morgan fingerprint density at radius 3 is 2.64 bits per heavy atom. The molecular formula is C10H15N3O. The van der Waals surface area contributed by atoms with E-state index in [0.717, 1.165) is 12.2 Å². The lowest BCUT2D eigenvalue weighted by molar-refractivity contribution is 0.232. The van der Waals surface area contributed by atoms with Crippen LogP contribution < -0.4 is 10.8 Å². The summed E-state index contributed by atoms with van der Waals surface area (Å²) < 4.78 is 0. The Morgan fingerprint density at radius 1 is 1.36 bits per heavy atom. The molecule has 1 rings (SSSR count). The average molecular weight is 193 g/mol. The molecule has 0 saturated carbocycles. The summed E-state index contributed by atoms with van der Waals surface area (Å²) in [5, 5.41) is 11.8. The van der Waals surface area contributed by atoms with Gasteiger partial charge in [-0.15, -0.1) is 0 Å². The Kier molecular flexibility index (Phi) is 4.50. The minimum Gasteiger partial charge on any atom is -0.385 e. The van der Waals surface area contributed by atoms with Crippen LogP contribution in [0.1, 0.15) is 6.42 Å². The van der Waals surface area contributed by atoms with E-state index in [1.54, 1.807) is 7.05 Å². The van der Waals surface area contributed by atoms with Crippen molar-refractivity contribution in [3.63, 3.8) is 0 Å². The number of hydrogen-bond donors (Lipinski definition) is 3. The SMILES string of the molecule is CN=C(CCNc1ccccc1)NO. The molecule has 0 aliphatic heterocycles. The van der Waals surface area contributed by atoms with E-state index < -0.39 is 0 Å². The van der Waals surface area contributed by atoms with Crippen molar-refractivity contribution in [3.8, 4) is 0 Å². The molecule has 0 fully saturated rings. The van der Waals surface area contributed by atoms with Gasteiger partial charge in [-0.25, -0.2) is 0 Å². The van der Waals surface area contributed by atoms with Gasteiger partial charge in [-0.3, -0.25) is 15.7 Å². The summed E-state index contributed by atoms with van der Waals surface area (Å²) in [6.07, 6.45) is 0.669. The molecule has 76 valence electrons. The highest BCUT2D eigenvalue weighted by Crippen LogP contribution is 2.04. The number of benzene rings is 1. The van der Waals surface area contributed by atoms with Gasteiger partial charge in [-0.2, -0.15) is 0 Å². The van der Waals surface area contributed by atoms with E-state index in [1.165, 1.54) is 0 Å². The molecule has 1 aromatic rings. The minimum absolute atomic E-state index is 0.577. The highest BCUT2D eigenvalue weighted by Gasteiger charge is 1.95. The first-order valence-electron chi connectivity index (χ1n) is 4.51. The van der Waals surface area contributed by atoms with Gasteiger partial charge < -0.3 is 5.32 Å². The van der Waals surface area contributed by atoms with Crippen LogP contribution in [0.4, 0.5) is 5.69 Å². The number of para-hydroxylation sites is 1. The van der Waals surface area contributed by atoms with Gasteiger partial charge in [0.2, 0.25) is 0 Å². The van der Waals surface area contributed by atoms with Gasteiger partial charge in [-0.1, -0.05) is 18.2 Å². The number of nitrogens with one attached hydrogen (secondary N) is 2. The van der Waals surface area contributed by atoms with Crippen molar-refractivity contribution in [2.24, 2.45) is 4.99 Å². The van der Waals surface area contributed by atoms with Gasteiger partial charge in [0.15, 0.2) is 0 Å². The highest BCUT2D eigenvalue weighted by atomic mass is 16.5. The van der Waals surface area contributed by atoms with Crippen molar-refractivity contribution in [1.29, 1.82) is 0 Å². The van der Waals surface area contributed by atoms with Crippen LogP contribution in [-0.2, 0) is 0 Å². The first-order valence-corrected chi connectivity index (χ1v) is 4.51. The van der Waals surface area contributed by atoms with Crippen molar-refractivity contribution in [2.75, 3.05) is 18.9 Å². The Bertz CT molecular complexity index is 285. The normalized spacial score (nSPS) is 11.1. The number of rotatable bonds is 4. The summed E-state index contributed by atoms with van der Waals surface area (Å²) in [5.41, 5.74) is 3.12. The summed E-state index contributed by atoms with van der Waals surface area (Å²) in [7, 11) is 1.64. The monoisotopic (exact) mass is 193 g/mol. The molecule has 0 unspecified atom stereocenters. The van der Waals surface area contributed by atoms with Crippen molar-refractivity contribution < 1.29 is 5.21 Å². The second-order valence-corrected chi connectivity index (χ2v) is 2.82. The molecule has 0 heterocycles. The van der Waals surface area contributed by atoms with E-state index in [1.807, 2.05) is 35.8 Å². The van der Waals surface area contributed by atoms with Crippen LogP contribution in [0.25, 0.3) is 0 Å². The van der Waals surface area contributed by atoms with Crippen molar-refractivity contribution in [1.82, 2.24) is 5.48 Å². The quantitative estimate of drug-likeness (QED) is 0.386. The second-order valence-electron chi connectivity index (χ2n) is 2.82. The fraction of sp³-hybridized carbons (Fsp3) is 0.300. The van der Waals surface area contributed by atoms with E-state index in [9.17, 15) is 0 Å². The largest absolute Gasteiger partial charge is 0.385 e. The number of amidine groups is 1. The molecule has 1 aromatic carbocycles. The molecule has 0 bridgehead atoms. The number of hydroxylamine groups is 1. The fourth-order valence-electron chi connectivity index (χ4n) is 1.10. The van der Waals surface area contributed by atoms with Crippen LogP contribution in [0.15, 0.2) is 35.3 Å². The first-order chi connectivity index (χ1) is 6.86. The summed E-state index contributed by atoms with van der Waals surface area (Å²) >= 11 is 0. The van der Waals surface area contributed by atoms with Gasteiger partial charge in [0.05, 0.1) is 0 Å². The van der Waals surface area contributed by atoms with Crippen molar-refractivity contribution in [3.05, 3.63) is 30.3 Å². The third-order valence-corrected chi connectivity index (χ3v) is 1.86. The van der Waals surface area contributed by atoms with Crippen molar-refractivity contribution >= 4 is 11.5 Å². The molecule has 0 saturated heterocycles. The molecule has 4 nitrogen and oxygen atoms in total. The Hall–Kier alpha value is -1.55. The third-order valence-electron chi connectivity index (χ3n) is 1.86. The molecule has 0 radical (unpaired) electrons. The predicted octanol–water partition coefficient (Wildman–Crippen LogP) is 1.50. The maximum Gasteiger partial charge on any atom is 0.122 e. The summed E-state index contributed by atoms with van der Waals surface area (Å²) in [4.78, 5) is 3.85. The Labute approximate surface area is 83.6 Å². The van der Waals surface area contributed by atoms with Gasteiger partial charge in [-0.05, 0) is 12.1 Å². The van der Waals surface area contributed by atoms with Crippen LogP contribution in [-0.4, -0.2) is 24.6 Å². The van der Waals surface area contributed by atoms with Crippen LogP contribution in [0.3, 0.4) is 0 Å². The zero-order valence-electron chi connectivity index (χ0n) is 8.20. The zero-order chi connectivity index (χ0) is 10.2. The molecule has 4 heteroatoms. The number of nitrogens with zero attached hydrogens (tertiary/aromatic N) is 1. The molecule has 0 aliphatic rings. The molecule has 14 heavy (non-hydrogen) atoms. The molecule has 3 N–H and O–H groups in total. The Balaban J connectivity index is 2.29. The first kappa shape index (κ1) is 10.5. The lowest BCUT2D eigenvalue weighted by Crippen LogP contribution is -2.21. The van der Waals surface area contributed by atoms with Crippen LogP contribution in [0.5, 0.6) is 0 Å². The fourth-order valence-corrected chi connectivity index (χ4v) is 1.10. The summed E-state index contributed by atoms with van der Waals surface area (Å²) in [5.74, 6) is 0.577. The molecule has 0 spiro atoms. The van der Waals surface area contributed by atoms with E-state index in [4.69, 9.17) is 5.21 Å². The second kappa shape index (κ2) is 5.99. The van der Waals surface area contributed by atoms with Crippen molar-refractivity contribution in [2.45, 2.75) is 6.42 Å². The predicted molar refractivity (Wildman–Crippen MR) is 57.8 cm³/mol. The zero-order valence-corrected chi connectivity index (χ0v) is 8.20. The van der Waals surface area contributed by atoms with Gasteiger partial charge in [0.1, 0.15) is 5.84 Å². The van der Waals surface area contributed by atoms with Gasteiger partial charge in [0.25, 0.3) is 0 Å². The van der Waals surface area contributed by atoms with Gasteiger partial charge in [0, 0.05) is 25.7 Å². The number of hydrogen-bond acceptors (Lipinski definition) is 3. The highest BCUT2D eigenvalue weighted by molar-refractivity contribution is 5.81. The van der Waals surface area contributed by atoms with E-state index >= 15 is 0 Å². The lowest BCUT2D eigenvalue weighted by atomic mass is 10.3. The number of aliphatic imine (C=N–C) groups is 1. The van der Waals surface area contributed by atoms with Crippen LogP contribution in [0, 0.1) is 0 Å². The standard InChI is InChI=1S/C10H15N3O/c1-11-10(13-14)7-8-12-9-5-3-2-4-6-9/h2-6,12,14H,7-8H2,1H3,(H,11,13). The molecular weight excluding hydrogens is 178 g/mol. The lowest BCUT2D eigenvalue weighted by Gasteiger charge is -2.06. The van der Waals surface area contributed by atoms with Gasteiger partial charge >= 0.3 is 0 Å². The Morgan fingerprint density at radius 2 is 2.07 bits per heavy atom. The van der Waals surface area contributed by atoms with Crippen LogP contribution in [0.2, 0.25) is 0 Å². The third kappa shape index (κ3) is 3.45. The van der Waals surface area contributed by atoms with Crippen LogP contribution >= 0.6 is 0 Å². The smallest absolute Gasteiger partial charge is 0.122 e. The summed E-state index contributed by atoms with van der Waals surface area (Å²) in [6, 6.07) is 9.91. The summed E-state index contributed by atoms with van der Waals surface area (Å²) in [6.45, 7) is 0.740. The van der Waals surface area contributed by atoms with E-state index in [0.29, 0.717) is 12.3 Å². The van der Waals surface area contributed by atoms with E-state index in [-0.39, 0.29) is 0 Å².